The molecule has 1 saturated carbocycles. The Bertz CT molecular complexity index is 1150. The highest BCUT2D eigenvalue weighted by molar-refractivity contribution is 6.20. The van der Waals surface area contributed by atoms with Gasteiger partial charge in [0.25, 0.3) is 0 Å². The molecule has 172 valence electrons. The van der Waals surface area contributed by atoms with Crippen LogP contribution < -0.4 is 5.32 Å². The van der Waals surface area contributed by atoms with Crippen molar-refractivity contribution in [1.29, 1.82) is 0 Å². The number of carbonyl (C=O) groups is 1. The van der Waals surface area contributed by atoms with Gasteiger partial charge in [-0.2, -0.15) is 0 Å². The van der Waals surface area contributed by atoms with Gasteiger partial charge in [0.05, 0.1) is 29.3 Å². The second-order valence-corrected chi connectivity index (χ2v) is 8.97. The molecule has 1 fully saturated rings. The Labute approximate surface area is 194 Å². The number of allylic oxidation sites excluding steroid dienone is 2. The smallest absolute Gasteiger partial charge is 0.221 e. The van der Waals surface area contributed by atoms with E-state index in [1.807, 2.05) is 12.4 Å². The number of anilines is 1. The highest BCUT2D eigenvalue weighted by Crippen LogP contribution is 2.42. The summed E-state index contributed by atoms with van der Waals surface area (Å²) in [5.74, 6) is 1.87. The van der Waals surface area contributed by atoms with Gasteiger partial charge in [0.15, 0.2) is 11.7 Å². The zero-order valence-electron chi connectivity index (χ0n) is 19.6. The molecule has 8 nitrogen and oxygen atoms in total. The van der Waals surface area contributed by atoms with Gasteiger partial charge in [-0.05, 0) is 43.7 Å². The van der Waals surface area contributed by atoms with E-state index in [9.17, 15) is 4.79 Å². The minimum Gasteiger partial charge on any atom is -0.342 e. The van der Waals surface area contributed by atoms with Crippen molar-refractivity contribution in [2.45, 2.75) is 77.8 Å². The van der Waals surface area contributed by atoms with Crippen LogP contribution in [0.3, 0.4) is 0 Å². The first-order valence-corrected chi connectivity index (χ1v) is 12.0. The molecule has 0 radical (unpaired) electrons. The molecular formula is C25H31N7O. The van der Waals surface area contributed by atoms with E-state index < -0.39 is 0 Å². The molecule has 33 heavy (non-hydrogen) atoms. The van der Waals surface area contributed by atoms with E-state index in [-0.39, 0.29) is 11.9 Å². The first kappa shape index (κ1) is 21.6. The summed E-state index contributed by atoms with van der Waals surface area (Å²) in [6, 6.07) is 2.54. The number of aromatic nitrogens is 4. The maximum atomic E-state index is 11.9. The lowest BCUT2D eigenvalue weighted by Gasteiger charge is -2.42. The first-order valence-electron chi connectivity index (χ1n) is 12.0. The summed E-state index contributed by atoms with van der Waals surface area (Å²) in [5.41, 5.74) is 4.82. The standard InChI is InChI=1S/C25H31N7O/c1-4-17-10-11-22-24(29-23(17)19-12-13-26-14-20(19)28-16(3)33)32(18-8-6-7-9-18)21(5-2)25-30-27-15-31(22)25/h11-15,18,21H,4-10H2,1-3H3,(H,28,33). The molecule has 8 heteroatoms. The third kappa shape index (κ3) is 3.77. The van der Waals surface area contributed by atoms with Crippen molar-refractivity contribution in [2.24, 2.45) is 4.99 Å². The lowest BCUT2D eigenvalue weighted by molar-refractivity contribution is -0.114. The number of nitrogens with one attached hydrogen (secondary N) is 1. The van der Waals surface area contributed by atoms with E-state index in [1.54, 1.807) is 12.4 Å². The fourth-order valence-electron chi connectivity index (χ4n) is 5.42. The summed E-state index contributed by atoms with van der Waals surface area (Å²) < 4.78 is 2.12. The lowest BCUT2D eigenvalue weighted by atomic mass is 10.0. The van der Waals surface area contributed by atoms with Crippen LogP contribution in [-0.2, 0) is 4.79 Å². The van der Waals surface area contributed by atoms with Crippen LogP contribution in [-0.4, -0.2) is 42.4 Å². The predicted molar refractivity (Wildman–Crippen MR) is 129 cm³/mol. The Hall–Kier alpha value is -3.29. The second kappa shape index (κ2) is 8.92. The molecule has 0 bridgehead atoms. The van der Waals surface area contributed by atoms with E-state index >= 15 is 0 Å². The van der Waals surface area contributed by atoms with E-state index in [1.165, 1.54) is 38.2 Å². The lowest BCUT2D eigenvalue weighted by Crippen LogP contribution is -2.47. The third-order valence-electron chi connectivity index (χ3n) is 6.95. The Balaban J connectivity index is 1.71. The number of carbonyl (C=O) groups excluding carboxylic acids is 1. The number of amides is 1. The Morgan fingerprint density at radius 3 is 2.79 bits per heavy atom. The molecule has 0 spiro atoms. The molecule has 1 atom stereocenters. The number of hydrogen-bond acceptors (Lipinski definition) is 6. The fourth-order valence-corrected chi connectivity index (χ4v) is 5.42. The van der Waals surface area contributed by atoms with Gasteiger partial charge >= 0.3 is 0 Å². The van der Waals surface area contributed by atoms with Crippen molar-refractivity contribution in [1.82, 2.24) is 24.6 Å². The van der Waals surface area contributed by atoms with Crippen molar-refractivity contribution < 1.29 is 4.79 Å². The number of pyridine rings is 1. The zero-order chi connectivity index (χ0) is 22.9. The van der Waals surface area contributed by atoms with Crippen LogP contribution >= 0.6 is 0 Å². The van der Waals surface area contributed by atoms with E-state index in [4.69, 9.17) is 4.99 Å². The zero-order valence-corrected chi connectivity index (χ0v) is 19.6. The molecule has 1 amide bonds. The summed E-state index contributed by atoms with van der Waals surface area (Å²) >= 11 is 0. The number of aliphatic imine (C=N–C) groups is 1. The topological polar surface area (TPSA) is 88.3 Å². The first-order chi connectivity index (χ1) is 16.1. The van der Waals surface area contributed by atoms with Crippen LogP contribution in [0.1, 0.15) is 83.1 Å². The number of rotatable bonds is 5. The highest BCUT2D eigenvalue weighted by atomic mass is 16.1. The molecule has 2 aromatic rings. The van der Waals surface area contributed by atoms with Crippen LogP contribution in [0, 0.1) is 0 Å². The number of hydrogen-bond donors (Lipinski definition) is 1. The minimum absolute atomic E-state index is 0.117. The molecule has 2 aliphatic heterocycles. The maximum Gasteiger partial charge on any atom is 0.221 e. The van der Waals surface area contributed by atoms with Gasteiger partial charge in [-0.25, -0.2) is 4.99 Å². The Morgan fingerprint density at radius 2 is 2.06 bits per heavy atom. The van der Waals surface area contributed by atoms with E-state index in [2.05, 4.69) is 49.9 Å². The third-order valence-corrected chi connectivity index (χ3v) is 6.95. The van der Waals surface area contributed by atoms with Gasteiger partial charge in [0.1, 0.15) is 6.33 Å². The van der Waals surface area contributed by atoms with Gasteiger partial charge in [-0.3, -0.25) is 14.3 Å². The van der Waals surface area contributed by atoms with E-state index in [0.717, 1.165) is 47.9 Å². The molecule has 5 rings (SSSR count). The molecule has 4 heterocycles. The largest absolute Gasteiger partial charge is 0.342 e. The van der Waals surface area contributed by atoms with Gasteiger partial charge < -0.3 is 10.2 Å². The average molecular weight is 446 g/mol. The predicted octanol–water partition coefficient (Wildman–Crippen LogP) is 4.81. The molecule has 3 aliphatic rings. The fraction of sp³-hybridized carbons (Fsp3) is 0.480. The Morgan fingerprint density at radius 1 is 1.24 bits per heavy atom. The summed E-state index contributed by atoms with van der Waals surface area (Å²) in [7, 11) is 0. The van der Waals surface area contributed by atoms with Crippen LogP contribution in [0.2, 0.25) is 0 Å². The molecule has 1 aliphatic carbocycles. The van der Waals surface area contributed by atoms with Crippen molar-refractivity contribution in [3.8, 4) is 0 Å². The van der Waals surface area contributed by atoms with Crippen LogP contribution in [0.4, 0.5) is 5.69 Å². The SMILES string of the molecule is CCC1=C(c2ccncc2NC(C)=O)N=C2C(=CC1)n1cnnc1C(CC)N2C1CCCC1. The molecule has 1 unspecified atom stereocenters. The molecule has 1 N–H and O–H groups in total. The van der Waals surface area contributed by atoms with Crippen molar-refractivity contribution in [3.63, 3.8) is 0 Å². The van der Waals surface area contributed by atoms with Crippen LogP contribution in [0.25, 0.3) is 11.4 Å². The summed E-state index contributed by atoms with van der Waals surface area (Å²) in [5, 5.41) is 11.7. The molecular weight excluding hydrogens is 414 g/mol. The van der Waals surface area contributed by atoms with Gasteiger partial charge in [0.2, 0.25) is 5.91 Å². The highest BCUT2D eigenvalue weighted by Gasteiger charge is 2.40. The molecule has 0 aromatic carbocycles. The van der Waals surface area contributed by atoms with E-state index in [0.29, 0.717) is 11.7 Å². The quantitative estimate of drug-likeness (QED) is 0.714. The van der Waals surface area contributed by atoms with Crippen molar-refractivity contribution in [3.05, 3.63) is 47.8 Å². The normalized spacial score (nSPS) is 20.7. The van der Waals surface area contributed by atoms with Crippen LogP contribution in [0.5, 0.6) is 0 Å². The van der Waals surface area contributed by atoms with Crippen LogP contribution in [0.15, 0.2) is 41.4 Å². The number of amidine groups is 1. The van der Waals surface area contributed by atoms with Gasteiger partial charge in [0, 0.05) is 24.7 Å². The molecule has 2 aromatic heterocycles. The monoisotopic (exact) mass is 445 g/mol. The molecule has 0 saturated heterocycles. The second-order valence-electron chi connectivity index (χ2n) is 8.97. The maximum absolute atomic E-state index is 11.9. The summed E-state index contributed by atoms with van der Waals surface area (Å²) in [6.45, 7) is 5.90. The summed E-state index contributed by atoms with van der Waals surface area (Å²) in [4.78, 5) is 24.0. The van der Waals surface area contributed by atoms with Gasteiger partial charge in [-0.1, -0.05) is 32.8 Å². The Kier molecular flexibility index (Phi) is 5.83. The average Bonchev–Trinajstić information content (AvgIpc) is 3.47. The van der Waals surface area contributed by atoms with Crippen molar-refractivity contribution in [2.75, 3.05) is 5.32 Å². The number of nitrogens with zero attached hydrogens (tertiary/aromatic N) is 6. The van der Waals surface area contributed by atoms with Gasteiger partial charge in [-0.15, -0.1) is 10.2 Å². The summed E-state index contributed by atoms with van der Waals surface area (Å²) in [6.07, 6.45) is 15.0. The number of fused-ring (bicyclic) bond motifs is 3. The van der Waals surface area contributed by atoms with Crippen molar-refractivity contribution >= 4 is 28.8 Å². The minimum atomic E-state index is -0.117.